The molecule has 2 heteroatoms. The molecule has 0 saturated heterocycles. The van der Waals surface area contributed by atoms with Gasteiger partial charge in [0.2, 0.25) is 0 Å². The lowest BCUT2D eigenvalue weighted by Gasteiger charge is -2.31. The Kier molecular flexibility index (Phi) is 6.14. The van der Waals surface area contributed by atoms with E-state index in [0.717, 1.165) is 0 Å². The lowest BCUT2D eigenvalue weighted by molar-refractivity contribution is 0.173. The summed E-state index contributed by atoms with van der Waals surface area (Å²) in [4.78, 5) is 2.42. The summed E-state index contributed by atoms with van der Waals surface area (Å²) in [6.45, 7) is 11.7. The largest absolute Gasteiger partial charge is 0.302 e. The van der Waals surface area contributed by atoms with Gasteiger partial charge in [-0.2, -0.15) is 0 Å². The van der Waals surface area contributed by atoms with Crippen molar-refractivity contribution in [2.75, 3.05) is 13.6 Å². The van der Waals surface area contributed by atoms with Gasteiger partial charge >= 0.3 is 0 Å². The third kappa shape index (κ3) is 6.88. The second kappa shape index (κ2) is 6.25. The first-order chi connectivity index (χ1) is 5.98. The zero-order valence-corrected chi connectivity index (χ0v) is 9.77. The van der Waals surface area contributed by atoms with E-state index in [9.17, 15) is 0 Å². The van der Waals surface area contributed by atoms with Gasteiger partial charge in [0.25, 0.3) is 0 Å². The molecule has 0 aliphatic heterocycles. The summed E-state index contributed by atoms with van der Waals surface area (Å²) in [6.07, 6.45) is 3.93. The molecule has 0 saturated carbocycles. The van der Waals surface area contributed by atoms with Gasteiger partial charge in [0.1, 0.15) is 7.28 Å². The molecule has 0 atom stereocenters. The summed E-state index contributed by atoms with van der Waals surface area (Å²) < 4.78 is 0. The third-order valence-electron chi connectivity index (χ3n) is 2.55. The fourth-order valence-electron chi connectivity index (χ4n) is 1.15. The lowest BCUT2D eigenvalue weighted by atomic mass is 9.74. The van der Waals surface area contributed by atoms with E-state index in [1.54, 1.807) is 0 Å². The maximum Gasteiger partial charge on any atom is 0.147 e. The minimum atomic E-state index is 0.318. The molecule has 0 aromatic rings. The molecule has 1 nitrogen and oxygen atoms in total. The van der Waals surface area contributed by atoms with E-state index in [1.165, 1.54) is 33.0 Å². The minimum absolute atomic E-state index is 0.318. The van der Waals surface area contributed by atoms with Crippen LogP contribution >= 0.6 is 0 Å². The zero-order valence-electron chi connectivity index (χ0n) is 9.77. The monoisotopic (exact) mass is 181 g/mol. The lowest BCUT2D eigenvalue weighted by Crippen LogP contribution is -2.38. The molecular weight excluding hydrogens is 157 g/mol. The van der Waals surface area contributed by atoms with E-state index in [-0.39, 0.29) is 0 Å². The molecule has 0 fully saturated rings. The van der Waals surface area contributed by atoms with Crippen LogP contribution in [-0.2, 0) is 0 Å². The van der Waals surface area contributed by atoms with Crippen LogP contribution in [0.5, 0.6) is 0 Å². The summed E-state index contributed by atoms with van der Waals surface area (Å²) in [6, 6.07) is 0. The van der Waals surface area contributed by atoms with Gasteiger partial charge in [0.15, 0.2) is 0 Å². The fourth-order valence-corrected chi connectivity index (χ4v) is 1.15. The number of nitrogens with zero attached hydrogens (tertiary/aromatic N) is 1. The van der Waals surface area contributed by atoms with Crippen LogP contribution in [0, 0.1) is 0 Å². The Morgan fingerprint density at radius 2 is 1.92 bits per heavy atom. The molecule has 0 aromatic heterocycles. The van der Waals surface area contributed by atoms with E-state index in [0.29, 0.717) is 5.54 Å². The normalized spacial score (nSPS) is 11.8. The van der Waals surface area contributed by atoms with E-state index in [1.807, 2.05) is 5.98 Å². The summed E-state index contributed by atoms with van der Waals surface area (Å²) >= 11 is 0. The molecule has 0 aromatic carbocycles. The smallest absolute Gasteiger partial charge is 0.147 e. The van der Waals surface area contributed by atoms with Crippen molar-refractivity contribution in [2.24, 2.45) is 0 Å². The van der Waals surface area contributed by atoms with Crippen molar-refractivity contribution in [3.05, 3.63) is 12.6 Å². The van der Waals surface area contributed by atoms with Crippen LogP contribution in [0.1, 0.15) is 33.6 Å². The van der Waals surface area contributed by atoms with Crippen LogP contribution in [-0.4, -0.2) is 31.3 Å². The van der Waals surface area contributed by atoms with Gasteiger partial charge in [-0.05, 0) is 40.8 Å². The van der Waals surface area contributed by atoms with Crippen LogP contribution in [0.4, 0.5) is 0 Å². The summed E-state index contributed by atoms with van der Waals surface area (Å²) in [7, 11) is 3.37. The predicted octanol–water partition coefficient (Wildman–Crippen LogP) is 2.50. The SMILES string of the molecule is C=CBCCCCN(C)C(C)(C)C. The Morgan fingerprint density at radius 3 is 2.38 bits per heavy atom. The van der Waals surface area contributed by atoms with E-state index in [2.05, 4.69) is 39.3 Å². The number of hydrogen-bond acceptors (Lipinski definition) is 1. The highest BCUT2D eigenvalue weighted by Gasteiger charge is 2.15. The van der Waals surface area contributed by atoms with Crippen molar-refractivity contribution in [3.63, 3.8) is 0 Å². The Hall–Kier alpha value is -0.235. The number of unbranched alkanes of at least 4 members (excludes halogenated alkanes) is 1. The fraction of sp³-hybridized carbons (Fsp3) is 0.818. The first-order valence-corrected chi connectivity index (χ1v) is 5.30. The molecular formula is C11H24BN. The summed E-state index contributed by atoms with van der Waals surface area (Å²) in [5.74, 6) is 2.01. The van der Waals surface area contributed by atoms with Crippen LogP contribution < -0.4 is 0 Å². The van der Waals surface area contributed by atoms with Crippen LogP contribution in [0.25, 0.3) is 0 Å². The predicted molar refractivity (Wildman–Crippen MR) is 63.8 cm³/mol. The summed E-state index contributed by atoms with van der Waals surface area (Å²) in [5, 5.41) is 0. The highest BCUT2D eigenvalue weighted by molar-refractivity contribution is 6.41. The molecule has 13 heavy (non-hydrogen) atoms. The maximum atomic E-state index is 3.72. The quantitative estimate of drug-likeness (QED) is 0.449. The second-order valence-corrected chi connectivity index (χ2v) is 4.73. The number of rotatable bonds is 6. The van der Waals surface area contributed by atoms with Gasteiger partial charge < -0.3 is 4.90 Å². The van der Waals surface area contributed by atoms with Gasteiger partial charge in [-0.25, -0.2) is 0 Å². The Balaban J connectivity index is 3.37. The van der Waals surface area contributed by atoms with Crippen molar-refractivity contribution < 1.29 is 0 Å². The molecule has 0 unspecified atom stereocenters. The maximum absolute atomic E-state index is 3.72. The molecule has 0 bridgehead atoms. The van der Waals surface area contributed by atoms with Gasteiger partial charge in [-0.15, -0.1) is 12.6 Å². The summed E-state index contributed by atoms with van der Waals surface area (Å²) in [5.41, 5.74) is 0.318. The first-order valence-electron chi connectivity index (χ1n) is 5.30. The van der Waals surface area contributed by atoms with Crippen LogP contribution in [0.15, 0.2) is 12.6 Å². The Labute approximate surface area is 84.4 Å². The molecule has 0 radical (unpaired) electrons. The van der Waals surface area contributed by atoms with Gasteiger partial charge in [-0.1, -0.05) is 12.7 Å². The molecule has 0 aliphatic rings. The van der Waals surface area contributed by atoms with Crippen molar-refractivity contribution in [3.8, 4) is 0 Å². The molecule has 0 spiro atoms. The first kappa shape index (κ1) is 12.8. The minimum Gasteiger partial charge on any atom is -0.302 e. The zero-order chi connectivity index (χ0) is 10.3. The molecule has 0 aliphatic carbocycles. The molecule has 0 N–H and O–H groups in total. The Morgan fingerprint density at radius 1 is 1.31 bits per heavy atom. The van der Waals surface area contributed by atoms with Crippen molar-refractivity contribution >= 4 is 7.28 Å². The van der Waals surface area contributed by atoms with Crippen molar-refractivity contribution in [1.82, 2.24) is 4.90 Å². The van der Waals surface area contributed by atoms with Crippen LogP contribution in [0.2, 0.25) is 6.32 Å². The topological polar surface area (TPSA) is 3.24 Å². The van der Waals surface area contributed by atoms with Crippen LogP contribution in [0.3, 0.4) is 0 Å². The average molecular weight is 181 g/mol. The number of hydrogen-bond donors (Lipinski definition) is 0. The van der Waals surface area contributed by atoms with E-state index < -0.39 is 0 Å². The molecule has 0 rings (SSSR count). The highest BCUT2D eigenvalue weighted by atomic mass is 15.1. The van der Waals surface area contributed by atoms with Gasteiger partial charge in [0, 0.05) is 5.54 Å². The molecule has 0 heterocycles. The Bertz CT molecular complexity index is 138. The van der Waals surface area contributed by atoms with Gasteiger partial charge in [-0.3, -0.25) is 0 Å². The molecule has 76 valence electrons. The van der Waals surface area contributed by atoms with E-state index in [4.69, 9.17) is 0 Å². The standard InChI is InChI=1S/C11H24BN/c1-6-12-9-7-8-10-13(5)11(2,3)4/h6,12H,1,7-10H2,2-5H3. The highest BCUT2D eigenvalue weighted by Crippen LogP contribution is 2.11. The van der Waals surface area contributed by atoms with E-state index >= 15 is 0 Å². The van der Waals surface area contributed by atoms with Crippen molar-refractivity contribution in [1.29, 1.82) is 0 Å². The second-order valence-electron chi connectivity index (χ2n) is 4.73. The third-order valence-corrected chi connectivity index (χ3v) is 2.55. The molecule has 0 amide bonds. The van der Waals surface area contributed by atoms with Crippen molar-refractivity contribution in [2.45, 2.75) is 45.5 Å². The average Bonchev–Trinajstić information content (AvgIpc) is 2.02. The van der Waals surface area contributed by atoms with Gasteiger partial charge in [0.05, 0.1) is 0 Å².